The smallest absolute Gasteiger partial charge is 0.236 e. The van der Waals surface area contributed by atoms with Gasteiger partial charge in [-0.1, -0.05) is 12.1 Å². The summed E-state index contributed by atoms with van der Waals surface area (Å²) in [5, 5.41) is 1.99. The summed E-state index contributed by atoms with van der Waals surface area (Å²) in [6.07, 6.45) is 1.62. The first-order chi connectivity index (χ1) is 10.3. The van der Waals surface area contributed by atoms with E-state index in [2.05, 4.69) is 4.98 Å². The minimum absolute atomic E-state index is 0.342. The van der Waals surface area contributed by atoms with Crippen molar-refractivity contribution in [2.45, 2.75) is 13.5 Å². The number of rotatable bonds is 5. The molecule has 3 aromatic rings. The van der Waals surface area contributed by atoms with E-state index in [-0.39, 0.29) is 0 Å². The monoisotopic (exact) mass is 301 g/mol. The third kappa shape index (κ3) is 3.08. The Morgan fingerprint density at radius 3 is 2.90 bits per heavy atom. The van der Waals surface area contributed by atoms with E-state index in [1.807, 2.05) is 42.6 Å². The number of aryl methyl sites for hydroxylation is 1. The fourth-order valence-corrected chi connectivity index (χ4v) is 2.59. The molecule has 0 N–H and O–H groups in total. The molecule has 0 saturated carbocycles. The molecule has 5 heteroatoms. The SMILES string of the molecule is COc1cc(C)ccc1OCc1coc(-c2cccs2)n1. The van der Waals surface area contributed by atoms with Crippen LogP contribution in [0.4, 0.5) is 0 Å². The molecule has 0 aliphatic carbocycles. The lowest BCUT2D eigenvalue weighted by molar-refractivity contribution is 0.280. The molecule has 1 aromatic carbocycles. The summed E-state index contributed by atoms with van der Waals surface area (Å²) < 4.78 is 16.5. The molecule has 108 valence electrons. The second kappa shape index (κ2) is 6.01. The van der Waals surface area contributed by atoms with Crippen LogP contribution in [0.25, 0.3) is 10.8 Å². The minimum Gasteiger partial charge on any atom is -0.493 e. The van der Waals surface area contributed by atoms with Crippen molar-refractivity contribution >= 4 is 11.3 Å². The lowest BCUT2D eigenvalue weighted by Gasteiger charge is -2.09. The summed E-state index contributed by atoms with van der Waals surface area (Å²) in [5.41, 5.74) is 1.88. The molecule has 0 amide bonds. The Kier molecular flexibility index (Phi) is 3.92. The predicted molar refractivity (Wildman–Crippen MR) is 81.9 cm³/mol. The molecule has 0 radical (unpaired) electrons. The van der Waals surface area contributed by atoms with Crippen molar-refractivity contribution in [3.63, 3.8) is 0 Å². The average molecular weight is 301 g/mol. The van der Waals surface area contributed by atoms with E-state index < -0.39 is 0 Å². The number of nitrogens with zero attached hydrogens (tertiary/aromatic N) is 1. The topological polar surface area (TPSA) is 44.5 Å². The normalized spacial score (nSPS) is 10.6. The number of aromatic nitrogens is 1. The molecule has 0 fully saturated rings. The maximum Gasteiger partial charge on any atom is 0.236 e. The first-order valence-electron chi connectivity index (χ1n) is 6.52. The first-order valence-corrected chi connectivity index (χ1v) is 7.40. The fourth-order valence-electron chi connectivity index (χ4n) is 1.93. The fraction of sp³-hybridized carbons (Fsp3) is 0.188. The van der Waals surface area contributed by atoms with Crippen molar-refractivity contribution in [2.24, 2.45) is 0 Å². The van der Waals surface area contributed by atoms with Crippen LogP contribution in [0.5, 0.6) is 11.5 Å². The van der Waals surface area contributed by atoms with Crippen LogP contribution in [-0.4, -0.2) is 12.1 Å². The summed E-state index contributed by atoms with van der Waals surface area (Å²) in [7, 11) is 1.63. The molecule has 4 nitrogen and oxygen atoms in total. The highest BCUT2D eigenvalue weighted by molar-refractivity contribution is 7.13. The van der Waals surface area contributed by atoms with Gasteiger partial charge in [-0.2, -0.15) is 0 Å². The van der Waals surface area contributed by atoms with Gasteiger partial charge < -0.3 is 13.9 Å². The van der Waals surface area contributed by atoms with Gasteiger partial charge >= 0.3 is 0 Å². The maximum absolute atomic E-state index is 5.76. The lowest BCUT2D eigenvalue weighted by Crippen LogP contribution is -1.98. The number of thiophene rings is 1. The van der Waals surface area contributed by atoms with Crippen LogP contribution in [0.15, 0.2) is 46.4 Å². The van der Waals surface area contributed by atoms with E-state index in [0.717, 1.165) is 21.9 Å². The van der Waals surface area contributed by atoms with Gasteiger partial charge in [0.2, 0.25) is 5.89 Å². The molecule has 3 rings (SSSR count). The van der Waals surface area contributed by atoms with Gasteiger partial charge in [0.15, 0.2) is 11.5 Å². The quantitative estimate of drug-likeness (QED) is 0.705. The van der Waals surface area contributed by atoms with E-state index in [0.29, 0.717) is 18.2 Å². The lowest BCUT2D eigenvalue weighted by atomic mass is 10.2. The Labute approximate surface area is 127 Å². The third-order valence-electron chi connectivity index (χ3n) is 2.98. The zero-order valence-electron chi connectivity index (χ0n) is 11.8. The van der Waals surface area contributed by atoms with Crippen molar-refractivity contribution < 1.29 is 13.9 Å². The van der Waals surface area contributed by atoms with Crippen LogP contribution in [0.1, 0.15) is 11.3 Å². The average Bonchev–Trinajstić information content (AvgIpc) is 3.16. The van der Waals surface area contributed by atoms with E-state index in [9.17, 15) is 0 Å². The summed E-state index contributed by atoms with van der Waals surface area (Å²) >= 11 is 1.59. The number of oxazole rings is 1. The van der Waals surface area contributed by atoms with Gasteiger partial charge in [-0.15, -0.1) is 11.3 Å². The van der Waals surface area contributed by atoms with Gasteiger partial charge in [0.05, 0.1) is 12.0 Å². The van der Waals surface area contributed by atoms with E-state index in [1.165, 1.54) is 0 Å². The largest absolute Gasteiger partial charge is 0.493 e. The second-order valence-electron chi connectivity index (χ2n) is 4.56. The standard InChI is InChI=1S/C16H15NO3S/c1-11-5-6-13(14(8-11)18-2)19-9-12-10-20-16(17-12)15-4-3-7-21-15/h3-8,10H,9H2,1-2H3. The summed E-state index contributed by atoms with van der Waals surface area (Å²) in [6, 6.07) is 9.77. The number of hydrogen-bond acceptors (Lipinski definition) is 5. The van der Waals surface area contributed by atoms with Crippen LogP contribution in [0.3, 0.4) is 0 Å². The van der Waals surface area contributed by atoms with Crippen LogP contribution >= 0.6 is 11.3 Å². The Bertz CT molecular complexity index is 719. The van der Waals surface area contributed by atoms with Gasteiger partial charge in [-0.25, -0.2) is 4.98 Å². The minimum atomic E-state index is 0.342. The Balaban J connectivity index is 1.71. The van der Waals surface area contributed by atoms with Crippen molar-refractivity contribution in [3.8, 4) is 22.3 Å². The molecule has 0 bridgehead atoms. The highest BCUT2D eigenvalue weighted by atomic mass is 32.1. The van der Waals surface area contributed by atoms with Gasteiger partial charge in [-0.05, 0) is 36.1 Å². The zero-order chi connectivity index (χ0) is 14.7. The summed E-state index contributed by atoms with van der Waals surface area (Å²) in [4.78, 5) is 5.43. The first kappa shape index (κ1) is 13.7. The molecular weight excluding hydrogens is 286 g/mol. The van der Waals surface area contributed by atoms with Crippen LogP contribution < -0.4 is 9.47 Å². The van der Waals surface area contributed by atoms with Crippen LogP contribution in [-0.2, 0) is 6.61 Å². The van der Waals surface area contributed by atoms with Gasteiger partial charge in [0.25, 0.3) is 0 Å². The molecule has 2 aromatic heterocycles. The number of ether oxygens (including phenoxy) is 2. The summed E-state index contributed by atoms with van der Waals surface area (Å²) in [5.74, 6) is 2.04. The molecule has 0 aliphatic rings. The molecule has 0 saturated heterocycles. The molecule has 21 heavy (non-hydrogen) atoms. The van der Waals surface area contributed by atoms with Crippen molar-refractivity contribution in [1.29, 1.82) is 0 Å². The van der Waals surface area contributed by atoms with Gasteiger partial charge in [0.1, 0.15) is 18.6 Å². The number of methoxy groups -OCH3 is 1. The predicted octanol–water partition coefficient (Wildman–Crippen LogP) is 4.30. The Morgan fingerprint density at radius 2 is 2.14 bits per heavy atom. The van der Waals surface area contributed by atoms with Crippen LogP contribution in [0.2, 0.25) is 0 Å². The molecule has 0 aliphatic heterocycles. The van der Waals surface area contributed by atoms with E-state index in [1.54, 1.807) is 24.7 Å². The highest BCUT2D eigenvalue weighted by Crippen LogP contribution is 2.29. The zero-order valence-corrected chi connectivity index (χ0v) is 12.6. The molecule has 0 spiro atoms. The second-order valence-corrected chi connectivity index (χ2v) is 5.51. The molecule has 0 atom stereocenters. The van der Waals surface area contributed by atoms with Crippen molar-refractivity contribution in [2.75, 3.05) is 7.11 Å². The Morgan fingerprint density at radius 1 is 1.24 bits per heavy atom. The molecular formula is C16H15NO3S. The van der Waals surface area contributed by atoms with Crippen molar-refractivity contribution in [3.05, 3.63) is 53.2 Å². The summed E-state index contributed by atoms with van der Waals surface area (Å²) in [6.45, 7) is 2.35. The van der Waals surface area contributed by atoms with Gasteiger partial charge in [0, 0.05) is 0 Å². The van der Waals surface area contributed by atoms with Gasteiger partial charge in [-0.3, -0.25) is 0 Å². The van der Waals surface area contributed by atoms with Crippen molar-refractivity contribution in [1.82, 2.24) is 4.98 Å². The van der Waals surface area contributed by atoms with Crippen LogP contribution in [0, 0.1) is 6.92 Å². The molecule has 0 unspecified atom stereocenters. The Hall–Kier alpha value is -2.27. The molecule has 2 heterocycles. The van der Waals surface area contributed by atoms with E-state index >= 15 is 0 Å². The highest BCUT2D eigenvalue weighted by Gasteiger charge is 2.09. The number of hydrogen-bond donors (Lipinski definition) is 0. The number of benzene rings is 1. The van der Waals surface area contributed by atoms with E-state index in [4.69, 9.17) is 13.9 Å². The maximum atomic E-state index is 5.76. The third-order valence-corrected chi connectivity index (χ3v) is 3.84.